The van der Waals surface area contributed by atoms with Crippen LogP contribution in [0.15, 0.2) is 24.3 Å². The molecule has 0 unspecified atom stereocenters. The van der Waals surface area contributed by atoms with Crippen LogP contribution >= 0.6 is 0 Å². The van der Waals surface area contributed by atoms with Crippen LogP contribution in [0.25, 0.3) is 0 Å². The van der Waals surface area contributed by atoms with Crippen molar-refractivity contribution in [3.63, 3.8) is 0 Å². The summed E-state index contributed by atoms with van der Waals surface area (Å²) in [5.74, 6) is 0.896. The molecule has 1 saturated heterocycles. The van der Waals surface area contributed by atoms with Crippen LogP contribution in [0.5, 0.6) is 0 Å². The molecule has 1 heterocycles. The SMILES string of the molecule is CC1CCN(c2ccc(NC(=O)CCNC(C)(C)C)cc2)CC1. The summed E-state index contributed by atoms with van der Waals surface area (Å²) in [7, 11) is 0. The molecule has 4 nitrogen and oxygen atoms in total. The molecule has 4 heteroatoms. The molecule has 0 saturated carbocycles. The van der Waals surface area contributed by atoms with Gasteiger partial charge in [-0.05, 0) is 63.8 Å². The van der Waals surface area contributed by atoms with E-state index < -0.39 is 0 Å². The van der Waals surface area contributed by atoms with E-state index in [1.807, 2.05) is 12.1 Å². The third-order valence-corrected chi connectivity index (χ3v) is 4.31. The van der Waals surface area contributed by atoms with E-state index in [4.69, 9.17) is 0 Å². The maximum absolute atomic E-state index is 12.0. The molecule has 0 bridgehead atoms. The van der Waals surface area contributed by atoms with Crippen LogP contribution in [0, 0.1) is 5.92 Å². The Morgan fingerprint density at radius 2 is 1.78 bits per heavy atom. The first-order valence-electron chi connectivity index (χ1n) is 8.73. The molecule has 0 atom stereocenters. The molecule has 2 N–H and O–H groups in total. The maximum atomic E-state index is 12.0. The van der Waals surface area contributed by atoms with Crippen LogP contribution in [0.1, 0.15) is 47.0 Å². The molecule has 23 heavy (non-hydrogen) atoms. The Balaban J connectivity index is 1.79. The van der Waals surface area contributed by atoms with E-state index in [2.05, 4.69) is 55.4 Å². The number of benzene rings is 1. The molecule has 0 radical (unpaired) electrons. The smallest absolute Gasteiger partial charge is 0.225 e. The van der Waals surface area contributed by atoms with Gasteiger partial charge in [0.2, 0.25) is 5.91 Å². The Morgan fingerprint density at radius 1 is 1.17 bits per heavy atom. The zero-order chi connectivity index (χ0) is 16.9. The van der Waals surface area contributed by atoms with Crippen LogP contribution in [0.4, 0.5) is 11.4 Å². The van der Waals surface area contributed by atoms with Gasteiger partial charge in [-0.15, -0.1) is 0 Å². The van der Waals surface area contributed by atoms with Crippen molar-refractivity contribution in [1.82, 2.24) is 5.32 Å². The summed E-state index contributed by atoms with van der Waals surface area (Å²) >= 11 is 0. The highest BCUT2D eigenvalue weighted by molar-refractivity contribution is 5.91. The van der Waals surface area contributed by atoms with Crippen molar-refractivity contribution >= 4 is 17.3 Å². The minimum atomic E-state index is 0.0495. The normalized spacial score (nSPS) is 16.4. The fourth-order valence-electron chi connectivity index (χ4n) is 2.80. The Labute approximate surface area is 140 Å². The molecule has 0 aromatic heterocycles. The predicted octanol–water partition coefficient (Wildman–Crippen LogP) is 3.64. The molecule has 2 rings (SSSR count). The minimum absolute atomic E-state index is 0.0495. The summed E-state index contributed by atoms with van der Waals surface area (Å²) < 4.78 is 0. The lowest BCUT2D eigenvalue weighted by atomic mass is 9.99. The summed E-state index contributed by atoms with van der Waals surface area (Å²) in [6, 6.07) is 8.23. The van der Waals surface area contributed by atoms with Crippen molar-refractivity contribution in [2.75, 3.05) is 29.9 Å². The van der Waals surface area contributed by atoms with Gasteiger partial charge in [-0.3, -0.25) is 4.79 Å². The Kier molecular flexibility index (Phi) is 6.05. The van der Waals surface area contributed by atoms with Crippen molar-refractivity contribution in [1.29, 1.82) is 0 Å². The van der Waals surface area contributed by atoms with E-state index >= 15 is 0 Å². The maximum Gasteiger partial charge on any atom is 0.225 e. The average Bonchev–Trinajstić information content (AvgIpc) is 2.47. The number of hydrogen-bond donors (Lipinski definition) is 2. The second-order valence-electron chi connectivity index (χ2n) is 7.69. The zero-order valence-corrected chi connectivity index (χ0v) is 15.0. The third kappa shape index (κ3) is 6.22. The van der Waals surface area contributed by atoms with Gasteiger partial charge in [0.05, 0.1) is 0 Å². The number of carbonyl (C=O) groups excluding carboxylic acids is 1. The minimum Gasteiger partial charge on any atom is -0.372 e. The van der Waals surface area contributed by atoms with Crippen molar-refractivity contribution in [3.05, 3.63) is 24.3 Å². The van der Waals surface area contributed by atoms with Crippen molar-refractivity contribution < 1.29 is 4.79 Å². The van der Waals surface area contributed by atoms with Crippen LogP contribution in [0.2, 0.25) is 0 Å². The molecule has 1 aliphatic heterocycles. The summed E-state index contributed by atoms with van der Waals surface area (Å²) in [6.07, 6.45) is 3.02. The summed E-state index contributed by atoms with van der Waals surface area (Å²) in [6.45, 7) is 11.6. The van der Waals surface area contributed by atoms with Crippen molar-refractivity contribution in [2.24, 2.45) is 5.92 Å². The van der Waals surface area contributed by atoms with Gasteiger partial charge in [-0.1, -0.05) is 6.92 Å². The van der Waals surface area contributed by atoms with E-state index in [-0.39, 0.29) is 11.4 Å². The molecule has 128 valence electrons. The molecule has 1 amide bonds. The summed E-state index contributed by atoms with van der Waals surface area (Å²) in [4.78, 5) is 14.4. The number of anilines is 2. The number of nitrogens with one attached hydrogen (secondary N) is 2. The second kappa shape index (κ2) is 7.82. The monoisotopic (exact) mass is 317 g/mol. The van der Waals surface area contributed by atoms with Gasteiger partial charge in [0.1, 0.15) is 0 Å². The van der Waals surface area contributed by atoms with Crippen LogP contribution in [-0.4, -0.2) is 31.1 Å². The Bertz CT molecular complexity index is 496. The van der Waals surface area contributed by atoms with Crippen LogP contribution in [0.3, 0.4) is 0 Å². The molecular weight excluding hydrogens is 286 g/mol. The first-order valence-corrected chi connectivity index (χ1v) is 8.73. The average molecular weight is 317 g/mol. The van der Waals surface area contributed by atoms with Gasteiger partial charge in [-0.2, -0.15) is 0 Å². The molecule has 1 aliphatic rings. The molecular formula is C19H31N3O. The lowest BCUT2D eigenvalue weighted by Gasteiger charge is -2.32. The molecule has 1 aromatic carbocycles. The second-order valence-corrected chi connectivity index (χ2v) is 7.69. The van der Waals surface area contributed by atoms with Crippen LogP contribution < -0.4 is 15.5 Å². The van der Waals surface area contributed by atoms with E-state index in [0.29, 0.717) is 13.0 Å². The zero-order valence-electron chi connectivity index (χ0n) is 15.0. The molecule has 0 spiro atoms. The number of hydrogen-bond acceptors (Lipinski definition) is 3. The van der Waals surface area contributed by atoms with E-state index in [9.17, 15) is 4.79 Å². The van der Waals surface area contributed by atoms with Crippen LogP contribution in [-0.2, 0) is 4.79 Å². The molecule has 1 fully saturated rings. The van der Waals surface area contributed by atoms with Gasteiger partial charge >= 0.3 is 0 Å². The highest BCUT2D eigenvalue weighted by atomic mass is 16.1. The summed E-state index contributed by atoms with van der Waals surface area (Å²) in [5.41, 5.74) is 2.18. The number of piperidine rings is 1. The van der Waals surface area contributed by atoms with Crippen molar-refractivity contribution in [2.45, 2.75) is 52.5 Å². The van der Waals surface area contributed by atoms with Crippen molar-refractivity contribution in [3.8, 4) is 0 Å². The molecule has 1 aromatic rings. The fourth-order valence-corrected chi connectivity index (χ4v) is 2.80. The number of nitrogens with zero attached hydrogens (tertiary/aromatic N) is 1. The van der Waals surface area contributed by atoms with E-state index in [0.717, 1.165) is 24.7 Å². The van der Waals surface area contributed by atoms with Gasteiger partial charge in [0.25, 0.3) is 0 Å². The Hall–Kier alpha value is -1.55. The van der Waals surface area contributed by atoms with Gasteiger partial charge in [0, 0.05) is 43.0 Å². The third-order valence-electron chi connectivity index (χ3n) is 4.31. The topological polar surface area (TPSA) is 44.4 Å². The predicted molar refractivity (Wildman–Crippen MR) is 98.1 cm³/mol. The standard InChI is InChI=1S/C19H31N3O/c1-15-10-13-22(14-11-15)17-7-5-16(6-8-17)21-18(23)9-12-20-19(2,3)4/h5-8,15,20H,9-14H2,1-4H3,(H,21,23). The quantitative estimate of drug-likeness (QED) is 0.871. The largest absolute Gasteiger partial charge is 0.372 e. The summed E-state index contributed by atoms with van der Waals surface area (Å²) in [5, 5.41) is 6.29. The lowest BCUT2D eigenvalue weighted by Crippen LogP contribution is -2.37. The number of carbonyl (C=O) groups is 1. The lowest BCUT2D eigenvalue weighted by molar-refractivity contribution is -0.116. The first kappa shape index (κ1) is 17.8. The number of rotatable bonds is 5. The first-order chi connectivity index (χ1) is 10.8. The fraction of sp³-hybridized carbons (Fsp3) is 0.632. The Morgan fingerprint density at radius 3 is 2.35 bits per heavy atom. The molecule has 0 aliphatic carbocycles. The van der Waals surface area contributed by atoms with E-state index in [1.54, 1.807) is 0 Å². The van der Waals surface area contributed by atoms with E-state index in [1.165, 1.54) is 18.5 Å². The van der Waals surface area contributed by atoms with Gasteiger partial charge in [-0.25, -0.2) is 0 Å². The van der Waals surface area contributed by atoms with Gasteiger partial charge < -0.3 is 15.5 Å². The van der Waals surface area contributed by atoms with Gasteiger partial charge in [0.15, 0.2) is 0 Å². The highest BCUT2D eigenvalue weighted by Gasteiger charge is 2.16. The highest BCUT2D eigenvalue weighted by Crippen LogP contribution is 2.24. The number of amides is 1.